The largest absolute Gasteiger partial charge is 0.477 e. The van der Waals surface area contributed by atoms with E-state index in [1.807, 2.05) is 32.0 Å². The van der Waals surface area contributed by atoms with Crippen LogP contribution in [0, 0.1) is 11.3 Å². The van der Waals surface area contributed by atoms with Crippen LogP contribution in [0.15, 0.2) is 41.2 Å². The van der Waals surface area contributed by atoms with Crippen LogP contribution in [-0.2, 0) is 9.59 Å². The summed E-state index contributed by atoms with van der Waals surface area (Å²) in [5, 5.41) is 12.8. The third-order valence-electron chi connectivity index (χ3n) is 4.15. The SMILES string of the molecule is CC1(C)CC1C(=O)NC(=CCCCCSc1ccccn1)C(=O)O. The number of aromatic nitrogens is 1. The molecule has 0 aromatic carbocycles. The summed E-state index contributed by atoms with van der Waals surface area (Å²) in [7, 11) is 0. The first kappa shape index (κ1) is 18.5. The van der Waals surface area contributed by atoms with Gasteiger partial charge in [-0.3, -0.25) is 4.79 Å². The summed E-state index contributed by atoms with van der Waals surface area (Å²) >= 11 is 1.69. The topological polar surface area (TPSA) is 79.3 Å². The number of pyridine rings is 1. The Morgan fingerprint density at radius 3 is 2.75 bits per heavy atom. The van der Waals surface area contributed by atoms with Gasteiger partial charge in [-0.25, -0.2) is 9.78 Å². The minimum atomic E-state index is -1.08. The van der Waals surface area contributed by atoms with E-state index in [0.29, 0.717) is 6.42 Å². The van der Waals surface area contributed by atoms with E-state index in [-0.39, 0.29) is 22.9 Å². The smallest absolute Gasteiger partial charge is 0.352 e. The van der Waals surface area contributed by atoms with Crippen molar-refractivity contribution in [2.45, 2.75) is 44.6 Å². The van der Waals surface area contributed by atoms with Crippen molar-refractivity contribution in [3.63, 3.8) is 0 Å². The van der Waals surface area contributed by atoms with E-state index < -0.39 is 5.97 Å². The van der Waals surface area contributed by atoms with Crippen LogP contribution in [0.3, 0.4) is 0 Å². The van der Waals surface area contributed by atoms with Crippen LogP contribution in [0.25, 0.3) is 0 Å². The van der Waals surface area contributed by atoms with Gasteiger partial charge in [0.25, 0.3) is 0 Å². The molecule has 24 heavy (non-hydrogen) atoms. The first-order chi connectivity index (χ1) is 11.4. The molecule has 0 spiro atoms. The molecule has 0 aliphatic heterocycles. The Bertz CT molecular complexity index is 614. The second-order valence-corrected chi connectivity index (χ2v) is 7.78. The quantitative estimate of drug-likeness (QED) is 0.406. The second-order valence-electron chi connectivity index (χ2n) is 6.67. The summed E-state index contributed by atoms with van der Waals surface area (Å²) in [6.45, 7) is 4.03. The standard InChI is InChI=1S/C18H24N2O3S/c1-18(2)12-13(18)16(21)20-14(17(22)23)8-4-3-7-11-24-15-9-5-6-10-19-15/h5-6,8-10,13H,3-4,7,11-12H2,1-2H3,(H,20,21)(H,22,23). The number of rotatable bonds is 9. The molecule has 1 heterocycles. The Labute approximate surface area is 146 Å². The number of amides is 1. The molecule has 5 nitrogen and oxygen atoms in total. The number of thioether (sulfide) groups is 1. The third kappa shape index (κ3) is 5.67. The van der Waals surface area contributed by atoms with Gasteiger partial charge in [0.2, 0.25) is 5.91 Å². The number of allylic oxidation sites excluding steroid dienone is 1. The zero-order valence-corrected chi connectivity index (χ0v) is 14.9. The van der Waals surface area contributed by atoms with Gasteiger partial charge in [-0.2, -0.15) is 0 Å². The Hall–Kier alpha value is -1.82. The lowest BCUT2D eigenvalue weighted by molar-refractivity contribution is -0.135. The highest BCUT2D eigenvalue weighted by atomic mass is 32.2. The summed E-state index contributed by atoms with van der Waals surface area (Å²) in [6.07, 6.45) is 6.68. The zero-order chi connectivity index (χ0) is 17.6. The molecule has 1 atom stereocenters. The number of hydrogen-bond donors (Lipinski definition) is 2. The highest BCUT2D eigenvalue weighted by molar-refractivity contribution is 7.99. The van der Waals surface area contributed by atoms with Gasteiger partial charge in [0, 0.05) is 12.1 Å². The molecule has 2 rings (SSSR count). The normalized spacial score (nSPS) is 18.9. The molecule has 2 N–H and O–H groups in total. The fraction of sp³-hybridized carbons (Fsp3) is 0.500. The van der Waals surface area contributed by atoms with E-state index in [4.69, 9.17) is 0 Å². The van der Waals surface area contributed by atoms with Gasteiger partial charge in [-0.1, -0.05) is 26.0 Å². The fourth-order valence-corrected chi connectivity index (χ4v) is 3.30. The number of hydrogen-bond acceptors (Lipinski definition) is 4. The number of nitrogens with zero attached hydrogens (tertiary/aromatic N) is 1. The van der Waals surface area contributed by atoms with Crippen LogP contribution in [0.2, 0.25) is 0 Å². The summed E-state index contributed by atoms with van der Waals surface area (Å²) in [5.74, 6) is -0.394. The van der Waals surface area contributed by atoms with Crippen molar-refractivity contribution in [1.29, 1.82) is 0 Å². The van der Waals surface area contributed by atoms with Crippen molar-refractivity contribution in [3.8, 4) is 0 Å². The predicted octanol–water partition coefficient (Wildman–Crippen LogP) is 3.47. The van der Waals surface area contributed by atoms with Crippen molar-refractivity contribution >= 4 is 23.6 Å². The lowest BCUT2D eigenvalue weighted by atomic mass is 10.1. The maximum Gasteiger partial charge on any atom is 0.352 e. The minimum Gasteiger partial charge on any atom is -0.477 e. The van der Waals surface area contributed by atoms with Crippen molar-refractivity contribution in [1.82, 2.24) is 10.3 Å². The number of unbranched alkanes of at least 4 members (excludes halogenated alkanes) is 2. The molecule has 1 aromatic rings. The lowest BCUT2D eigenvalue weighted by Crippen LogP contribution is -2.29. The van der Waals surface area contributed by atoms with Crippen molar-refractivity contribution < 1.29 is 14.7 Å². The van der Waals surface area contributed by atoms with Crippen LogP contribution in [0.1, 0.15) is 39.5 Å². The molecule has 0 radical (unpaired) electrons. The summed E-state index contributed by atoms with van der Waals surface area (Å²) < 4.78 is 0. The van der Waals surface area contributed by atoms with Gasteiger partial charge in [0.1, 0.15) is 5.70 Å². The van der Waals surface area contributed by atoms with Crippen LogP contribution in [0.5, 0.6) is 0 Å². The van der Waals surface area contributed by atoms with Crippen LogP contribution in [-0.4, -0.2) is 27.7 Å². The van der Waals surface area contributed by atoms with Crippen LogP contribution in [0.4, 0.5) is 0 Å². The molecule has 6 heteroatoms. The number of carboxylic acid groups (broad SMARTS) is 1. The van der Waals surface area contributed by atoms with Crippen molar-refractivity contribution in [2.75, 3.05) is 5.75 Å². The average molecular weight is 348 g/mol. The van der Waals surface area contributed by atoms with E-state index in [2.05, 4.69) is 10.3 Å². The van der Waals surface area contributed by atoms with Gasteiger partial charge in [0.05, 0.1) is 5.03 Å². The van der Waals surface area contributed by atoms with Crippen LogP contribution < -0.4 is 5.32 Å². The Balaban J connectivity index is 1.69. The second kappa shape index (κ2) is 8.33. The molecule has 130 valence electrons. The Kier molecular flexibility index (Phi) is 6.43. The van der Waals surface area contributed by atoms with Gasteiger partial charge in [-0.15, -0.1) is 11.8 Å². The maximum atomic E-state index is 12.0. The molecular formula is C18H24N2O3S. The minimum absolute atomic E-state index is 0.0000732. The van der Waals surface area contributed by atoms with Crippen LogP contribution >= 0.6 is 11.8 Å². The van der Waals surface area contributed by atoms with Gasteiger partial charge < -0.3 is 10.4 Å². The number of carbonyl (C=O) groups is 2. The molecular weight excluding hydrogens is 324 g/mol. The van der Waals surface area contributed by atoms with Gasteiger partial charge in [-0.05, 0) is 49.0 Å². The highest BCUT2D eigenvalue weighted by Crippen LogP contribution is 2.51. The number of carbonyl (C=O) groups excluding carboxylic acids is 1. The first-order valence-corrected chi connectivity index (χ1v) is 9.17. The van der Waals surface area contributed by atoms with E-state index in [9.17, 15) is 14.7 Å². The molecule has 1 unspecified atom stereocenters. The summed E-state index contributed by atoms with van der Waals surface area (Å²) in [5.41, 5.74) is -0.00350. The third-order valence-corrected chi connectivity index (χ3v) is 5.18. The van der Waals surface area contributed by atoms with Crippen molar-refractivity contribution in [2.24, 2.45) is 11.3 Å². The lowest BCUT2D eigenvalue weighted by Gasteiger charge is -2.07. The first-order valence-electron chi connectivity index (χ1n) is 8.18. The number of nitrogens with one attached hydrogen (secondary N) is 1. The molecule has 1 fully saturated rings. The average Bonchev–Trinajstić information content (AvgIpc) is 3.19. The highest BCUT2D eigenvalue weighted by Gasteiger charge is 2.50. The summed E-state index contributed by atoms with van der Waals surface area (Å²) in [6, 6.07) is 5.82. The zero-order valence-electron chi connectivity index (χ0n) is 14.1. The van der Waals surface area contributed by atoms with Crippen molar-refractivity contribution in [3.05, 3.63) is 36.2 Å². The predicted molar refractivity (Wildman–Crippen MR) is 94.6 cm³/mol. The van der Waals surface area contributed by atoms with E-state index in [0.717, 1.165) is 30.0 Å². The monoisotopic (exact) mass is 348 g/mol. The molecule has 0 bridgehead atoms. The Morgan fingerprint density at radius 1 is 1.42 bits per heavy atom. The van der Waals surface area contributed by atoms with E-state index >= 15 is 0 Å². The summed E-state index contributed by atoms with van der Waals surface area (Å²) in [4.78, 5) is 27.5. The van der Waals surface area contributed by atoms with Gasteiger partial charge in [0.15, 0.2) is 0 Å². The number of aliphatic carboxylic acids is 1. The molecule has 1 amide bonds. The molecule has 0 saturated heterocycles. The molecule has 1 aliphatic carbocycles. The van der Waals surface area contributed by atoms with E-state index in [1.165, 1.54) is 0 Å². The fourth-order valence-electron chi connectivity index (χ4n) is 2.43. The van der Waals surface area contributed by atoms with Gasteiger partial charge >= 0.3 is 5.97 Å². The number of carboxylic acids is 1. The molecule has 1 aromatic heterocycles. The van der Waals surface area contributed by atoms with E-state index in [1.54, 1.807) is 24.0 Å². The maximum absolute atomic E-state index is 12.0. The molecule has 1 saturated carbocycles. The Morgan fingerprint density at radius 2 is 2.17 bits per heavy atom. The molecule has 1 aliphatic rings.